The van der Waals surface area contributed by atoms with E-state index in [0.717, 1.165) is 9.75 Å². The molecule has 2 atom stereocenters. The Morgan fingerprint density at radius 3 is 1.62 bits per heavy atom. The molecule has 0 aliphatic carbocycles. The van der Waals surface area contributed by atoms with Crippen molar-refractivity contribution in [3.05, 3.63) is 44.8 Å². The average molecular weight is 250 g/mol. The van der Waals surface area contributed by atoms with Crippen molar-refractivity contribution in [3.63, 3.8) is 0 Å². The van der Waals surface area contributed by atoms with Crippen LogP contribution in [0.2, 0.25) is 0 Å². The molecule has 0 aliphatic heterocycles. The Balaban J connectivity index is 2.05. The maximum atomic E-state index is 9.68. The normalized spacial score (nSPS) is 13.9. The molecule has 0 radical (unpaired) electrons. The van der Waals surface area contributed by atoms with E-state index in [1.165, 1.54) is 22.7 Å². The molecule has 0 bridgehead atoms. The largest absolute Gasteiger partial charge is 0.375 e. The van der Waals surface area contributed by atoms with Crippen molar-refractivity contribution < 1.29 is 10.2 Å². The van der Waals surface area contributed by atoms with E-state index in [4.69, 9.17) is 0 Å². The molecule has 0 amide bonds. The van der Waals surface area contributed by atoms with Crippen LogP contribution >= 0.6 is 22.7 Å². The van der Waals surface area contributed by atoms with Gasteiger partial charge in [-0.1, -0.05) is 24.0 Å². The van der Waals surface area contributed by atoms with E-state index in [1.54, 1.807) is 0 Å². The molecule has 2 aromatic rings. The minimum Gasteiger partial charge on any atom is -0.375 e. The van der Waals surface area contributed by atoms with Crippen molar-refractivity contribution in [3.8, 4) is 11.8 Å². The van der Waals surface area contributed by atoms with Crippen LogP contribution in [0.3, 0.4) is 0 Å². The van der Waals surface area contributed by atoms with Crippen LogP contribution < -0.4 is 0 Å². The molecular formula is C12H10O2S2. The van der Waals surface area contributed by atoms with E-state index in [1.807, 2.05) is 35.0 Å². The topological polar surface area (TPSA) is 40.5 Å². The van der Waals surface area contributed by atoms with Crippen molar-refractivity contribution in [2.75, 3.05) is 0 Å². The lowest BCUT2D eigenvalue weighted by Crippen LogP contribution is -1.93. The molecule has 0 spiro atoms. The summed E-state index contributed by atoms with van der Waals surface area (Å²) in [6.45, 7) is 0. The van der Waals surface area contributed by atoms with Crippen molar-refractivity contribution in [2.45, 2.75) is 12.2 Å². The average Bonchev–Trinajstić information content (AvgIpc) is 2.95. The standard InChI is InChI=1S/C12H10O2S2/c13-9(11-3-1-7-15-11)5-6-10(14)12-4-2-8-16-12/h1-4,7-10,13-14H. The van der Waals surface area contributed by atoms with Crippen LogP contribution in [0.25, 0.3) is 0 Å². The molecule has 2 nitrogen and oxygen atoms in total. The second kappa shape index (κ2) is 5.28. The number of hydrogen-bond donors (Lipinski definition) is 2. The predicted octanol–water partition coefficient (Wildman–Crippen LogP) is 2.58. The molecule has 0 aliphatic rings. The molecule has 2 heterocycles. The molecule has 2 unspecified atom stereocenters. The Morgan fingerprint density at radius 1 is 0.875 bits per heavy atom. The highest BCUT2D eigenvalue weighted by Gasteiger charge is 2.06. The van der Waals surface area contributed by atoms with Gasteiger partial charge in [0.1, 0.15) is 12.2 Å². The van der Waals surface area contributed by atoms with E-state index in [-0.39, 0.29) is 0 Å². The summed E-state index contributed by atoms with van der Waals surface area (Å²) in [5.41, 5.74) is 0. The van der Waals surface area contributed by atoms with Crippen molar-refractivity contribution in [1.82, 2.24) is 0 Å². The van der Waals surface area contributed by atoms with Gasteiger partial charge in [-0.2, -0.15) is 0 Å². The van der Waals surface area contributed by atoms with Crippen LogP contribution in [-0.2, 0) is 0 Å². The van der Waals surface area contributed by atoms with Gasteiger partial charge < -0.3 is 10.2 Å². The molecular weight excluding hydrogens is 240 g/mol. The lowest BCUT2D eigenvalue weighted by atomic mass is 10.2. The van der Waals surface area contributed by atoms with E-state index in [2.05, 4.69) is 11.8 Å². The Morgan fingerprint density at radius 2 is 1.31 bits per heavy atom. The Labute approximate surface area is 102 Å². The van der Waals surface area contributed by atoms with Gasteiger partial charge in [0.05, 0.1) is 0 Å². The maximum absolute atomic E-state index is 9.68. The molecule has 82 valence electrons. The highest BCUT2D eigenvalue weighted by molar-refractivity contribution is 7.10. The van der Waals surface area contributed by atoms with E-state index < -0.39 is 12.2 Å². The molecule has 16 heavy (non-hydrogen) atoms. The van der Waals surface area contributed by atoms with Gasteiger partial charge in [-0.25, -0.2) is 0 Å². The second-order valence-corrected chi connectivity index (χ2v) is 5.08. The Kier molecular flexibility index (Phi) is 3.75. The number of thiophene rings is 2. The quantitative estimate of drug-likeness (QED) is 0.804. The van der Waals surface area contributed by atoms with Crippen LogP contribution in [0.5, 0.6) is 0 Å². The van der Waals surface area contributed by atoms with Gasteiger partial charge >= 0.3 is 0 Å². The van der Waals surface area contributed by atoms with E-state index in [9.17, 15) is 10.2 Å². The molecule has 2 N–H and O–H groups in total. The third-order valence-corrected chi connectivity index (χ3v) is 3.83. The van der Waals surface area contributed by atoms with Gasteiger partial charge in [0, 0.05) is 9.75 Å². The summed E-state index contributed by atoms with van der Waals surface area (Å²) in [6.07, 6.45) is -1.62. The van der Waals surface area contributed by atoms with Gasteiger partial charge in [0.25, 0.3) is 0 Å². The Hall–Kier alpha value is -1.12. The van der Waals surface area contributed by atoms with E-state index in [0.29, 0.717) is 0 Å². The Bertz CT molecular complexity index is 433. The smallest absolute Gasteiger partial charge is 0.149 e. The summed E-state index contributed by atoms with van der Waals surface area (Å²) < 4.78 is 0. The van der Waals surface area contributed by atoms with Gasteiger partial charge in [0.2, 0.25) is 0 Å². The van der Waals surface area contributed by atoms with Crippen molar-refractivity contribution in [2.24, 2.45) is 0 Å². The number of hydrogen-bond acceptors (Lipinski definition) is 4. The van der Waals surface area contributed by atoms with E-state index >= 15 is 0 Å². The van der Waals surface area contributed by atoms with Crippen molar-refractivity contribution >= 4 is 22.7 Å². The van der Waals surface area contributed by atoms with Crippen LogP contribution in [0, 0.1) is 11.8 Å². The van der Waals surface area contributed by atoms with Crippen LogP contribution in [0.4, 0.5) is 0 Å². The minimum absolute atomic E-state index is 0.797. The molecule has 0 saturated heterocycles. The fourth-order valence-electron chi connectivity index (χ4n) is 1.19. The first-order chi connectivity index (χ1) is 7.77. The summed E-state index contributed by atoms with van der Waals surface area (Å²) in [4.78, 5) is 1.59. The van der Waals surface area contributed by atoms with Gasteiger partial charge in [-0.05, 0) is 22.9 Å². The fraction of sp³-hybridized carbons (Fsp3) is 0.167. The third-order valence-electron chi connectivity index (χ3n) is 1.98. The first-order valence-corrected chi connectivity index (χ1v) is 6.47. The second-order valence-electron chi connectivity index (χ2n) is 3.12. The number of rotatable bonds is 2. The summed E-state index contributed by atoms with van der Waals surface area (Å²) in [5.74, 6) is 5.29. The maximum Gasteiger partial charge on any atom is 0.149 e. The monoisotopic (exact) mass is 250 g/mol. The van der Waals surface area contributed by atoms with Crippen LogP contribution in [-0.4, -0.2) is 10.2 Å². The first-order valence-electron chi connectivity index (χ1n) is 4.71. The zero-order valence-corrected chi connectivity index (χ0v) is 9.96. The minimum atomic E-state index is -0.811. The van der Waals surface area contributed by atoms with Crippen molar-refractivity contribution in [1.29, 1.82) is 0 Å². The van der Waals surface area contributed by atoms with Gasteiger partial charge in [-0.15, -0.1) is 22.7 Å². The van der Waals surface area contributed by atoms with Gasteiger partial charge in [-0.3, -0.25) is 0 Å². The molecule has 0 fully saturated rings. The summed E-state index contributed by atoms with van der Waals surface area (Å²) in [6, 6.07) is 7.37. The lowest BCUT2D eigenvalue weighted by molar-refractivity contribution is 0.231. The summed E-state index contributed by atoms with van der Waals surface area (Å²) in [7, 11) is 0. The summed E-state index contributed by atoms with van der Waals surface area (Å²) in [5, 5.41) is 23.1. The molecule has 0 aromatic carbocycles. The molecule has 4 heteroatoms. The summed E-state index contributed by atoms with van der Waals surface area (Å²) >= 11 is 2.90. The zero-order chi connectivity index (χ0) is 11.4. The molecule has 0 saturated carbocycles. The predicted molar refractivity (Wildman–Crippen MR) is 66.3 cm³/mol. The molecule has 2 rings (SSSR count). The van der Waals surface area contributed by atoms with Crippen LogP contribution in [0.1, 0.15) is 22.0 Å². The fourth-order valence-corrected chi connectivity index (χ4v) is 2.51. The number of aliphatic hydroxyl groups excluding tert-OH is 2. The third kappa shape index (κ3) is 2.71. The zero-order valence-electron chi connectivity index (χ0n) is 8.33. The highest BCUT2D eigenvalue weighted by Crippen LogP contribution is 2.20. The van der Waals surface area contributed by atoms with Gasteiger partial charge in [0.15, 0.2) is 0 Å². The highest BCUT2D eigenvalue weighted by atomic mass is 32.1. The first kappa shape index (κ1) is 11.4. The van der Waals surface area contributed by atoms with Crippen LogP contribution in [0.15, 0.2) is 35.0 Å². The number of aliphatic hydroxyl groups is 2. The lowest BCUT2D eigenvalue weighted by Gasteiger charge is -2.00. The SMILES string of the molecule is OC(C#CC(O)c1cccs1)c1cccs1. The molecule has 2 aromatic heterocycles.